The number of benzene rings is 2. The van der Waals surface area contributed by atoms with E-state index >= 15 is 0 Å². The number of hydrogen-bond donors (Lipinski definition) is 0. The summed E-state index contributed by atoms with van der Waals surface area (Å²) >= 11 is 3.33. The molecule has 2 nitrogen and oxygen atoms in total. The first-order valence-electron chi connectivity index (χ1n) is 5.67. The largest absolute Gasteiger partial charge is 0.497 e. The first kappa shape index (κ1) is 13.7. The van der Waals surface area contributed by atoms with Gasteiger partial charge in [0.25, 0.3) is 0 Å². The summed E-state index contributed by atoms with van der Waals surface area (Å²) in [6.45, 7) is 1.78. The number of aryl methyl sites for hydroxylation is 1. The van der Waals surface area contributed by atoms with E-state index in [9.17, 15) is 9.18 Å². The third kappa shape index (κ3) is 2.84. The summed E-state index contributed by atoms with van der Waals surface area (Å²) in [6, 6.07) is 9.31. The third-order valence-electron chi connectivity index (χ3n) is 2.86. The van der Waals surface area contributed by atoms with Crippen LogP contribution in [0.15, 0.2) is 40.9 Å². The second kappa shape index (κ2) is 5.53. The first-order chi connectivity index (χ1) is 9.02. The number of rotatable bonds is 3. The summed E-state index contributed by atoms with van der Waals surface area (Å²) < 4.78 is 19.0. The Bertz CT molecular complexity index is 638. The molecular formula is C15H12BrFO2. The third-order valence-corrected chi connectivity index (χ3v) is 3.55. The summed E-state index contributed by atoms with van der Waals surface area (Å²) in [5, 5.41) is 0. The molecule has 0 aromatic heterocycles. The normalized spacial score (nSPS) is 10.3. The van der Waals surface area contributed by atoms with Gasteiger partial charge in [0.2, 0.25) is 0 Å². The Morgan fingerprint density at radius 2 is 1.89 bits per heavy atom. The fraction of sp³-hybridized carbons (Fsp3) is 0.133. The van der Waals surface area contributed by atoms with Crippen molar-refractivity contribution in [2.75, 3.05) is 7.11 Å². The maximum absolute atomic E-state index is 13.3. The van der Waals surface area contributed by atoms with Crippen LogP contribution in [-0.2, 0) is 0 Å². The molecule has 0 aliphatic heterocycles. The van der Waals surface area contributed by atoms with Crippen molar-refractivity contribution in [2.24, 2.45) is 0 Å². The summed E-state index contributed by atoms with van der Waals surface area (Å²) in [6.07, 6.45) is 0. The molecule has 0 fully saturated rings. The molecule has 4 heteroatoms. The average Bonchev–Trinajstić information content (AvgIpc) is 2.41. The number of methoxy groups -OCH3 is 1. The zero-order chi connectivity index (χ0) is 14.0. The molecule has 2 aromatic rings. The Hall–Kier alpha value is -1.68. The fourth-order valence-corrected chi connectivity index (χ4v) is 2.22. The lowest BCUT2D eigenvalue weighted by Gasteiger charge is -2.09. The predicted molar refractivity (Wildman–Crippen MR) is 75.3 cm³/mol. The number of ketones is 1. The van der Waals surface area contributed by atoms with Crippen LogP contribution < -0.4 is 4.74 Å². The van der Waals surface area contributed by atoms with Crippen LogP contribution in [-0.4, -0.2) is 12.9 Å². The topological polar surface area (TPSA) is 26.3 Å². The molecule has 0 amide bonds. The van der Waals surface area contributed by atoms with Crippen molar-refractivity contribution in [1.82, 2.24) is 0 Å². The van der Waals surface area contributed by atoms with Gasteiger partial charge in [0.05, 0.1) is 7.11 Å². The van der Waals surface area contributed by atoms with E-state index in [-0.39, 0.29) is 5.78 Å². The molecule has 0 unspecified atom stereocenters. The molecule has 2 rings (SSSR count). The second-order valence-corrected chi connectivity index (χ2v) is 4.99. The molecule has 2 aromatic carbocycles. The highest BCUT2D eigenvalue weighted by Crippen LogP contribution is 2.26. The monoisotopic (exact) mass is 322 g/mol. The minimum atomic E-state index is -0.423. The molecule has 0 heterocycles. The number of ether oxygens (including phenoxy) is 1. The van der Waals surface area contributed by atoms with Gasteiger partial charge in [-0.05, 0) is 42.8 Å². The van der Waals surface area contributed by atoms with Crippen molar-refractivity contribution in [3.8, 4) is 5.75 Å². The van der Waals surface area contributed by atoms with Crippen molar-refractivity contribution in [2.45, 2.75) is 6.92 Å². The van der Waals surface area contributed by atoms with Gasteiger partial charge in [0, 0.05) is 15.6 Å². The van der Waals surface area contributed by atoms with Gasteiger partial charge in [-0.2, -0.15) is 0 Å². The van der Waals surface area contributed by atoms with Gasteiger partial charge in [-0.3, -0.25) is 4.79 Å². The highest BCUT2D eigenvalue weighted by molar-refractivity contribution is 9.10. The van der Waals surface area contributed by atoms with Crippen molar-refractivity contribution in [1.29, 1.82) is 0 Å². The number of carbonyl (C=O) groups is 1. The van der Waals surface area contributed by atoms with E-state index in [0.717, 1.165) is 5.56 Å². The molecular weight excluding hydrogens is 311 g/mol. The van der Waals surface area contributed by atoms with Crippen molar-refractivity contribution < 1.29 is 13.9 Å². The van der Waals surface area contributed by atoms with Crippen LogP contribution in [0.3, 0.4) is 0 Å². The highest BCUT2D eigenvalue weighted by Gasteiger charge is 2.16. The second-order valence-electron chi connectivity index (χ2n) is 4.13. The van der Waals surface area contributed by atoms with Gasteiger partial charge < -0.3 is 4.74 Å². The predicted octanol–water partition coefficient (Wildman–Crippen LogP) is 4.14. The van der Waals surface area contributed by atoms with E-state index in [4.69, 9.17) is 4.74 Å². The Labute approximate surface area is 119 Å². The molecule has 0 aliphatic rings. The van der Waals surface area contributed by atoms with E-state index in [1.165, 1.54) is 19.2 Å². The number of hydrogen-bond acceptors (Lipinski definition) is 2. The summed E-state index contributed by atoms with van der Waals surface area (Å²) in [5.74, 6) is -0.0728. The van der Waals surface area contributed by atoms with E-state index in [1.807, 2.05) is 0 Å². The minimum Gasteiger partial charge on any atom is -0.497 e. The Kier molecular flexibility index (Phi) is 4.00. The Morgan fingerprint density at radius 1 is 1.16 bits per heavy atom. The molecule has 19 heavy (non-hydrogen) atoms. The number of carbonyl (C=O) groups excluding carboxylic acids is 1. The van der Waals surface area contributed by atoms with E-state index in [0.29, 0.717) is 21.3 Å². The quantitative estimate of drug-likeness (QED) is 0.794. The van der Waals surface area contributed by atoms with Gasteiger partial charge >= 0.3 is 0 Å². The lowest BCUT2D eigenvalue weighted by atomic mass is 9.99. The molecule has 0 spiro atoms. The van der Waals surface area contributed by atoms with Gasteiger partial charge in [-0.25, -0.2) is 4.39 Å². The standard InChI is InChI=1S/C15H12BrFO2/c1-9-3-4-10(17)7-12(9)15(18)13-8-11(19-2)5-6-14(13)16/h3-8H,1-2H3. The molecule has 0 atom stereocenters. The zero-order valence-corrected chi connectivity index (χ0v) is 12.1. The maximum atomic E-state index is 13.3. The molecule has 0 saturated heterocycles. The van der Waals surface area contributed by atoms with Gasteiger partial charge in [-0.1, -0.05) is 22.0 Å². The molecule has 0 bridgehead atoms. The lowest BCUT2D eigenvalue weighted by Crippen LogP contribution is -2.05. The van der Waals surface area contributed by atoms with Crippen molar-refractivity contribution in [3.63, 3.8) is 0 Å². The Morgan fingerprint density at radius 3 is 2.58 bits per heavy atom. The first-order valence-corrected chi connectivity index (χ1v) is 6.46. The van der Waals surface area contributed by atoms with Crippen molar-refractivity contribution >= 4 is 21.7 Å². The van der Waals surface area contributed by atoms with Crippen molar-refractivity contribution in [3.05, 3.63) is 63.4 Å². The van der Waals surface area contributed by atoms with Crippen LogP contribution >= 0.6 is 15.9 Å². The molecule has 0 N–H and O–H groups in total. The molecule has 98 valence electrons. The molecule has 0 radical (unpaired) electrons. The minimum absolute atomic E-state index is 0.234. The van der Waals surface area contributed by atoms with E-state index in [1.54, 1.807) is 31.2 Å². The summed E-state index contributed by atoms with van der Waals surface area (Å²) in [4.78, 5) is 12.5. The van der Waals surface area contributed by atoms with E-state index < -0.39 is 5.82 Å². The highest BCUT2D eigenvalue weighted by atomic mass is 79.9. The van der Waals surface area contributed by atoms with E-state index in [2.05, 4.69) is 15.9 Å². The zero-order valence-electron chi connectivity index (χ0n) is 10.5. The van der Waals surface area contributed by atoms with Gasteiger partial charge in [0.15, 0.2) is 5.78 Å². The van der Waals surface area contributed by atoms with Crippen LogP contribution in [0.2, 0.25) is 0 Å². The Balaban J connectivity index is 2.52. The van der Waals surface area contributed by atoms with Crippen LogP contribution in [0.5, 0.6) is 5.75 Å². The molecule has 0 aliphatic carbocycles. The van der Waals surface area contributed by atoms with Gasteiger partial charge in [0.1, 0.15) is 11.6 Å². The van der Waals surface area contributed by atoms with Crippen LogP contribution in [0.25, 0.3) is 0 Å². The fourth-order valence-electron chi connectivity index (χ4n) is 1.79. The molecule has 0 saturated carbocycles. The van der Waals surface area contributed by atoms with Crippen LogP contribution in [0.4, 0.5) is 4.39 Å². The lowest BCUT2D eigenvalue weighted by molar-refractivity contribution is 0.103. The van der Waals surface area contributed by atoms with Gasteiger partial charge in [-0.15, -0.1) is 0 Å². The van der Waals surface area contributed by atoms with Crippen LogP contribution in [0.1, 0.15) is 21.5 Å². The maximum Gasteiger partial charge on any atom is 0.194 e. The SMILES string of the molecule is COc1ccc(Br)c(C(=O)c2cc(F)ccc2C)c1. The average molecular weight is 323 g/mol. The smallest absolute Gasteiger partial charge is 0.194 e. The summed E-state index contributed by atoms with van der Waals surface area (Å²) in [7, 11) is 1.53. The number of halogens is 2. The van der Waals surface area contributed by atoms with Crippen LogP contribution in [0, 0.1) is 12.7 Å². The summed E-state index contributed by atoms with van der Waals surface area (Å²) in [5.41, 5.74) is 1.54.